The molecule has 1 unspecified atom stereocenters. The number of nitrogens with zero attached hydrogens (tertiary/aromatic N) is 1. The van der Waals surface area contributed by atoms with E-state index in [1.165, 1.54) is 0 Å². The van der Waals surface area contributed by atoms with Crippen LogP contribution < -0.4 is 19.5 Å². The van der Waals surface area contributed by atoms with Crippen LogP contribution in [0.2, 0.25) is 0 Å². The second-order valence-electron chi connectivity index (χ2n) is 7.41. The Labute approximate surface area is 190 Å². The summed E-state index contributed by atoms with van der Waals surface area (Å²) in [5.41, 5.74) is 0.948. The van der Waals surface area contributed by atoms with E-state index in [0.717, 1.165) is 18.4 Å². The quantitative estimate of drug-likeness (QED) is 0.478. The van der Waals surface area contributed by atoms with Crippen molar-refractivity contribution in [1.82, 2.24) is 10.2 Å². The van der Waals surface area contributed by atoms with Crippen LogP contribution in [0.4, 0.5) is 0 Å². The van der Waals surface area contributed by atoms with E-state index in [2.05, 4.69) is 12.2 Å². The summed E-state index contributed by atoms with van der Waals surface area (Å²) in [6.07, 6.45) is 2.39. The van der Waals surface area contributed by atoms with Gasteiger partial charge in [-0.3, -0.25) is 9.59 Å². The van der Waals surface area contributed by atoms with Crippen molar-refractivity contribution in [1.29, 1.82) is 0 Å². The highest BCUT2D eigenvalue weighted by Gasteiger charge is 2.28. The molecule has 1 atom stereocenters. The number of ether oxygens (including phenoxy) is 3. The summed E-state index contributed by atoms with van der Waals surface area (Å²) >= 11 is 0. The zero-order valence-electron chi connectivity index (χ0n) is 19.4. The monoisotopic (exact) mass is 442 g/mol. The molecule has 0 heterocycles. The molecule has 0 saturated heterocycles. The molecule has 0 fully saturated rings. The van der Waals surface area contributed by atoms with Crippen LogP contribution in [0, 0.1) is 0 Å². The Bertz CT molecular complexity index is 834. The van der Waals surface area contributed by atoms with Gasteiger partial charge in [0.05, 0.1) is 14.2 Å². The van der Waals surface area contributed by atoms with Gasteiger partial charge in [0, 0.05) is 31.3 Å². The van der Waals surface area contributed by atoms with Gasteiger partial charge in [0.1, 0.15) is 23.3 Å². The van der Waals surface area contributed by atoms with E-state index in [-0.39, 0.29) is 18.4 Å². The van der Waals surface area contributed by atoms with Crippen LogP contribution in [0.15, 0.2) is 48.5 Å². The number of carbonyl (C=O) groups excluding carboxylic acids is 2. The number of carbonyl (C=O) groups is 2. The van der Waals surface area contributed by atoms with Crippen LogP contribution in [0.3, 0.4) is 0 Å². The van der Waals surface area contributed by atoms with E-state index in [9.17, 15) is 9.59 Å². The minimum absolute atomic E-state index is 0.145. The van der Waals surface area contributed by atoms with E-state index in [1.807, 2.05) is 37.3 Å². The molecule has 7 heteroatoms. The maximum Gasteiger partial charge on any atom is 0.261 e. The molecule has 32 heavy (non-hydrogen) atoms. The van der Waals surface area contributed by atoms with Crippen LogP contribution in [-0.4, -0.2) is 50.1 Å². The van der Waals surface area contributed by atoms with E-state index in [1.54, 1.807) is 37.3 Å². The first-order valence-corrected chi connectivity index (χ1v) is 11.0. The molecule has 0 aromatic heterocycles. The lowest BCUT2D eigenvalue weighted by Crippen LogP contribution is -2.50. The minimum atomic E-state index is -0.581. The van der Waals surface area contributed by atoms with Crippen LogP contribution in [0.25, 0.3) is 0 Å². The standard InChI is InChI=1S/C25H34N2O5/c1-5-7-13-26-25(29)23(6-2)27(17-19-11-9-8-10-12-19)24(28)18-32-22-15-20(30-3)14-21(16-22)31-4/h8-12,14-16,23H,5-7,13,17-18H2,1-4H3,(H,26,29). The predicted octanol–water partition coefficient (Wildman–Crippen LogP) is 3.81. The largest absolute Gasteiger partial charge is 0.496 e. The van der Waals surface area contributed by atoms with Crippen molar-refractivity contribution in [2.75, 3.05) is 27.4 Å². The van der Waals surface area contributed by atoms with Crippen molar-refractivity contribution in [3.63, 3.8) is 0 Å². The van der Waals surface area contributed by atoms with Gasteiger partial charge in [-0.2, -0.15) is 0 Å². The van der Waals surface area contributed by atoms with Crippen molar-refractivity contribution in [2.24, 2.45) is 0 Å². The third-order valence-corrected chi connectivity index (χ3v) is 5.10. The zero-order valence-corrected chi connectivity index (χ0v) is 19.4. The Morgan fingerprint density at radius 2 is 1.59 bits per heavy atom. The maximum absolute atomic E-state index is 13.2. The molecule has 2 rings (SSSR count). The van der Waals surface area contributed by atoms with E-state index >= 15 is 0 Å². The van der Waals surface area contributed by atoms with Gasteiger partial charge < -0.3 is 24.4 Å². The highest BCUT2D eigenvalue weighted by molar-refractivity contribution is 5.88. The Kier molecular flexibility index (Phi) is 10.4. The number of rotatable bonds is 13. The highest BCUT2D eigenvalue weighted by atomic mass is 16.5. The van der Waals surface area contributed by atoms with Gasteiger partial charge in [0.25, 0.3) is 5.91 Å². The Morgan fingerprint density at radius 1 is 0.969 bits per heavy atom. The van der Waals surface area contributed by atoms with Crippen LogP contribution in [0.1, 0.15) is 38.7 Å². The molecule has 0 bridgehead atoms. The summed E-state index contributed by atoms with van der Waals surface area (Å²) in [6, 6.07) is 14.2. The van der Waals surface area contributed by atoms with Crippen LogP contribution in [0.5, 0.6) is 17.2 Å². The topological polar surface area (TPSA) is 77.1 Å². The molecular weight excluding hydrogens is 408 g/mol. The van der Waals surface area contributed by atoms with E-state index in [4.69, 9.17) is 14.2 Å². The summed E-state index contributed by atoms with van der Waals surface area (Å²) in [4.78, 5) is 27.7. The van der Waals surface area contributed by atoms with Crippen molar-refractivity contribution < 1.29 is 23.8 Å². The Morgan fingerprint density at radius 3 is 2.16 bits per heavy atom. The summed E-state index contributed by atoms with van der Waals surface area (Å²) in [7, 11) is 3.10. The molecule has 0 aliphatic carbocycles. The number of methoxy groups -OCH3 is 2. The predicted molar refractivity (Wildman–Crippen MR) is 124 cm³/mol. The van der Waals surface area contributed by atoms with Crippen molar-refractivity contribution in [3.05, 3.63) is 54.1 Å². The lowest BCUT2D eigenvalue weighted by atomic mass is 10.1. The number of benzene rings is 2. The molecule has 0 saturated carbocycles. The summed E-state index contributed by atoms with van der Waals surface area (Å²) in [5.74, 6) is 1.17. The number of hydrogen-bond acceptors (Lipinski definition) is 5. The Hall–Kier alpha value is -3.22. The first kappa shape index (κ1) is 25.0. The molecule has 7 nitrogen and oxygen atoms in total. The fraction of sp³-hybridized carbons (Fsp3) is 0.440. The average molecular weight is 443 g/mol. The number of nitrogens with one attached hydrogen (secondary N) is 1. The van der Waals surface area contributed by atoms with Gasteiger partial charge in [0.15, 0.2) is 6.61 Å². The third-order valence-electron chi connectivity index (χ3n) is 5.10. The third kappa shape index (κ3) is 7.48. The Balaban J connectivity index is 2.18. The minimum Gasteiger partial charge on any atom is -0.496 e. The molecule has 0 radical (unpaired) electrons. The van der Waals surface area contributed by atoms with E-state index < -0.39 is 6.04 Å². The first-order chi connectivity index (χ1) is 15.5. The van der Waals surface area contributed by atoms with Crippen LogP contribution >= 0.6 is 0 Å². The summed E-state index contributed by atoms with van der Waals surface area (Å²) in [6.45, 7) is 4.69. The number of unbranched alkanes of at least 4 members (excludes halogenated alkanes) is 1. The lowest BCUT2D eigenvalue weighted by Gasteiger charge is -2.30. The molecule has 2 amide bonds. The molecule has 2 aromatic rings. The lowest BCUT2D eigenvalue weighted by molar-refractivity contribution is -0.143. The molecule has 0 aliphatic rings. The van der Waals surface area contributed by atoms with Gasteiger partial charge in [0.2, 0.25) is 5.91 Å². The smallest absolute Gasteiger partial charge is 0.261 e. The molecule has 2 aromatic carbocycles. The van der Waals surface area contributed by atoms with E-state index in [0.29, 0.717) is 36.8 Å². The molecule has 1 N–H and O–H groups in total. The molecule has 0 aliphatic heterocycles. The fourth-order valence-corrected chi connectivity index (χ4v) is 3.30. The van der Waals surface area contributed by atoms with Gasteiger partial charge in [-0.05, 0) is 18.4 Å². The highest BCUT2D eigenvalue weighted by Crippen LogP contribution is 2.27. The summed E-state index contributed by atoms with van der Waals surface area (Å²) in [5, 5.41) is 2.95. The summed E-state index contributed by atoms with van der Waals surface area (Å²) < 4.78 is 16.3. The SMILES string of the molecule is CCCCNC(=O)C(CC)N(Cc1ccccc1)C(=O)COc1cc(OC)cc(OC)c1. The van der Waals surface area contributed by atoms with Crippen molar-refractivity contribution in [3.8, 4) is 17.2 Å². The van der Waals surface area contributed by atoms with Gasteiger partial charge in [-0.25, -0.2) is 0 Å². The molecular formula is C25H34N2O5. The van der Waals surface area contributed by atoms with Gasteiger partial charge in [-0.1, -0.05) is 50.6 Å². The zero-order chi connectivity index (χ0) is 23.3. The van der Waals surface area contributed by atoms with Crippen LogP contribution in [-0.2, 0) is 16.1 Å². The second kappa shape index (κ2) is 13.2. The van der Waals surface area contributed by atoms with Gasteiger partial charge >= 0.3 is 0 Å². The normalized spacial score (nSPS) is 11.4. The maximum atomic E-state index is 13.2. The average Bonchev–Trinajstić information content (AvgIpc) is 2.82. The second-order valence-corrected chi connectivity index (χ2v) is 7.41. The van der Waals surface area contributed by atoms with Crippen molar-refractivity contribution >= 4 is 11.8 Å². The first-order valence-electron chi connectivity index (χ1n) is 11.0. The molecule has 174 valence electrons. The fourth-order valence-electron chi connectivity index (χ4n) is 3.30. The number of hydrogen-bond donors (Lipinski definition) is 1. The molecule has 0 spiro atoms. The van der Waals surface area contributed by atoms with Gasteiger partial charge in [-0.15, -0.1) is 0 Å². The number of amides is 2. The van der Waals surface area contributed by atoms with Crippen molar-refractivity contribution in [2.45, 2.75) is 45.7 Å².